The van der Waals surface area contributed by atoms with Gasteiger partial charge in [-0.25, -0.2) is 4.79 Å². The van der Waals surface area contributed by atoms with E-state index in [1.54, 1.807) is 24.3 Å². The number of aliphatic hydroxyl groups is 1. The second kappa shape index (κ2) is 6.02. The highest BCUT2D eigenvalue weighted by molar-refractivity contribution is 5.89. The van der Waals surface area contributed by atoms with Gasteiger partial charge in [0.15, 0.2) is 0 Å². The lowest BCUT2D eigenvalue weighted by Crippen LogP contribution is -2.41. The number of rotatable bonds is 4. The molecule has 1 aromatic carbocycles. The zero-order chi connectivity index (χ0) is 14.7. The van der Waals surface area contributed by atoms with Crippen LogP contribution in [0.25, 0.3) is 0 Å². The van der Waals surface area contributed by atoms with Crippen molar-refractivity contribution < 1.29 is 19.8 Å². The van der Waals surface area contributed by atoms with Crippen molar-refractivity contribution in [1.29, 1.82) is 0 Å². The summed E-state index contributed by atoms with van der Waals surface area (Å²) < 4.78 is 0. The van der Waals surface area contributed by atoms with E-state index in [-0.39, 0.29) is 17.5 Å². The Kier molecular flexibility index (Phi) is 4.36. The Morgan fingerprint density at radius 1 is 1.35 bits per heavy atom. The predicted molar refractivity (Wildman–Crippen MR) is 72.3 cm³/mol. The van der Waals surface area contributed by atoms with E-state index in [9.17, 15) is 14.7 Å². The summed E-state index contributed by atoms with van der Waals surface area (Å²) in [5.41, 5.74) is 0.973. The minimum absolute atomic E-state index is 0.179. The highest BCUT2D eigenvalue weighted by atomic mass is 16.4. The Balaban J connectivity index is 2.05. The fourth-order valence-corrected chi connectivity index (χ4v) is 2.51. The fourth-order valence-electron chi connectivity index (χ4n) is 2.51. The summed E-state index contributed by atoms with van der Waals surface area (Å²) in [5.74, 6) is -1.14. The molecule has 1 aliphatic heterocycles. The average Bonchev–Trinajstić information content (AvgIpc) is 2.69. The molecule has 3 N–H and O–H groups in total. The predicted octanol–water partition coefficient (Wildman–Crippen LogP) is 0.0660. The van der Waals surface area contributed by atoms with Crippen molar-refractivity contribution in [1.82, 2.24) is 10.2 Å². The number of aromatic carboxylic acids is 1. The lowest BCUT2D eigenvalue weighted by Gasteiger charge is -2.17. The van der Waals surface area contributed by atoms with Crippen molar-refractivity contribution in [3.05, 3.63) is 35.4 Å². The number of amides is 1. The molecule has 1 aromatic rings. The third kappa shape index (κ3) is 3.34. The first-order chi connectivity index (χ1) is 9.47. The third-order valence-electron chi connectivity index (χ3n) is 3.39. The van der Waals surface area contributed by atoms with Crippen LogP contribution in [-0.4, -0.2) is 52.2 Å². The number of aliphatic hydroxyl groups excluding tert-OH is 1. The third-order valence-corrected chi connectivity index (χ3v) is 3.39. The van der Waals surface area contributed by atoms with E-state index in [2.05, 4.69) is 5.32 Å². The van der Waals surface area contributed by atoms with Crippen molar-refractivity contribution in [3.63, 3.8) is 0 Å². The standard InChI is InChI=1S/C14H18N2O4/c1-9(17)15-12-7-16(8-13(12)18)6-10-4-2-3-5-11(10)14(19)20/h2-5,12-13,18H,6-8H2,1H3,(H,15,17)(H,19,20)/t12-,13-/m1/s1. The number of nitrogens with one attached hydrogen (secondary N) is 1. The van der Waals surface area contributed by atoms with Gasteiger partial charge in [-0.05, 0) is 11.6 Å². The molecule has 6 nitrogen and oxygen atoms in total. The Labute approximate surface area is 117 Å². The minimum Gasteiger partial charge on any atom is -0.478 e. The van der Waals surface area contributed by atoms with Crippen molar-refractivity contribution in [3.8, 4) is 0 Å². The van der Waals surface area contributed by atoms with Crippen LogP contribution in [0.1, 0.15) is 22.8 Å². The number of benzene rings is 1. The van der Waals surface area contributed by atoms with Gasteiger partial charge in [-0.1, -0.05) is 18.2 Å². The maximum atomic E-state index is 11.1. The Morgan fingerprint density at radius 2 is 2.05 bits per heavy atom. The van der Waals surface area contributed by atoms with E-state index >= 15 is 0 Å². The number of carboxylic acid groups (broad SMARTS) is 1. The van der Waals surface area contributed by atoms with Crippen LogP contribution < -0.4 is 5.32 Å². The van der Waals surface area contributed by atoms with Gasteiger partial charge in [0.25, 0.3) is 0 Å². The number of hydrogen-bond donors (Lipinski definition) is 3. The van der Waals surface area contributed by atoms with Gasteiger partial charge in [0, 0.05) is 26.6 Å². The summed E-state index contributed by atoms with van der Waals surface area (Å²) >= 11 is 0. The minimum atomic E-state index is -0.959. The number of likely N-dealkylation sites (tertiary alicyclic amines) is 1. The summed E-state index contributed by atoms with van der Waals surface area (Å²) in [6.07, 6.45) is -0.629. The first-order valence-corrected chi connectivity index (χ1v) is 6.46. The topological polar surface area (TPSA) is 89.9 Å². The van der Waals surface area contributed by atoms with E-state index in [4.69, 9.17) is 5.11 Å². The molecular weight excluding hydrogens is 260 g/mol. The first kappa shape index (κ1) is 14.5. The van der Waals surface area contributed by atoms with Crippen molar-refractivity contribution >= 4 is 11.9 Å². The van der Waals surface area contributed by atoms with Crippen LogP contribution in [0.2, 0.25) is 0 Å². The largest absolute Gasteiger partial charge is 0.478 e. The van der Waals surface area contributed by atoms with Crippen LogP contribution in [0.4, 0.5) is 0 Å². The molecule has 2 rings (SSSR count). The Morgan fingerprint density at radius 3 is 2.70 bits per heavy atom. The van der Waals surface area contributed by atoms with E-state index in [1.165, 1.54) is 6.92 Å². The molecule has 1 amide bonds. The summed E-state index contributed by atoms with van der Waals surface area (Å²) in [4.78, 5) is 24.1. The lowest BCUT2D eigenvalue weighted by atomic mass is 10.1. The molecule has 0 saturated carbocycles. The molecule has 0 unspecified atom stereocenters. The van der Waals surface area contributed by atoms with Gasteiger partial charge in [-0.2, -0.15) is 0 Å². The zero-order valence-electron chi connectivity index (χ0n) is 11.2. The highest BCUT2D eigenvalue weighted by Gasteiger charge is 2.32. The quantitative estimate of drug-likeness (QED) is 0.725. The van der Waals surface area contributed by atoms with Crippen molar-refractivity contribution in [2.45, 2.75) is 25.6 Å². The maximum Gasteiger partial charge on any atom is 0.336 e. The van der Waals surface area contributed by atoms with Gasteiger partial charge >= 0.3 is 5.97 Å². The monoisotopic (exact) mass is 278 g/mol. The normalized spacial score (nSPS) is 22.7. The SMILES string of the molecule is CC(=O)N[C@@H]1CN(Cc2ccccc2C(=O)O)C[C@H]1O. The van der Waals surface area contributed by atoms with Gasteiger partial charge in [-0.3, -0.25) is 9.69 Å². The van der Waals surface area contributed by atoms with Gasteiger partial charge < -0.3 is 15.5 Å². The Hall–Kier alpha value is -1.92. The molecule has 20 heavy (non-hydrogen) atoms. The summed E-state index contributed by atoms with van der Waals surface area (Å²) in [6, 6.07) is 6.51. The molecule has 0 aromatic heterocycles. The summed E-state index contributed by atoms with van der Waals surface area (Å²) in [5, 5.41) is 21.7. The second-order valence-corrected chi connectivity index (χ2v) is 5.03. The number of hydrogen-bond acceptors (Lipinski definition) is 4. The molecule has 1 saturated heterocycles. The van der Waals surface area contributed by atoms with Crippen LogP contribution in [0.15, 0.2) is 24.3 Å². The van der Waals surface area contributed by atoms with E-state index < -0.39 is 12.1 Å². The fraction of sp³-hybridized carbons (Fsp3) is 0.429. The number of nitrogens with zero attached hydrogens (tertiary/aromatic N) is 1. The first-order valence-electron chi connectivity index (χ1n) is 6.46. The summed E-state index contributed by atoms with van der Waals surface area (Å²) in [7, 11) is 0. The molecule has 6 heteroatoms. The van der Waals surface area contributed by atoms with Gasteiger partial charge in [0.1, 0.15) is 0 Å². The van der Waals surface area contributed by atoms with Crippen molar-refractivity contribution in [2.24, 2.45) is 0 Å². The van der Waals surface area contributed by atoms with E-state index in [0.29, 0.717) is 25.2 Å². The molecule has 0 aliphatic carbocycles. The van der Waals surface area contributed by atoms with Crippen LogP contribution in [0, 0.1) is 0 Å². The second-order valence-electron chi connectivity index (χ2n) is 5.03. The number of carbonyl (C=O) groups is 2. The van der Waals surface area contributed by atoms with Crippen LogP contribution >= 0.6 is 0 Å². The molecule has 0 bridgehead atoms. The zero-order valence-corrected chi connectivity index (χ0v) is 11.2. The number of carbonyl (C=O) groups excluding carboxylic acids is 1. The molecule has 0 radical (unpaired) electrons. The molecular formula is C14H18N2O4. The highest BCUT2D eigenvalue weighted by Crippen LogP contribution is 2.17. The van der Waals surface area contributed by atoms with Gasteiger partial charge in [0.05, 0.1) is 17.7 Å². The molecule has 0 spiro atoms. The number of carboxylic acids is 1. The number of β-amino-alcohol motifs (C(OH)–C–C–N with tert-alkyl or cyclic N) is 1. The smallest absolute Gasteiger partial charge is 0.336 e. The average molecular weight is 278 g/mol. The van der Waals surface area contributed by atoms with Gasteiger partial charge in [0.2, 0.25) is 5.91 Å². The van der Waals surface area contributed by atoms with Crippen LogP contribution in [0.5, 0.6) is 0 Å². The molecule has 108 valence electrons. The molecule has 1 fully saturated rings. The summed E-state index contributed by atoms with van der Waals surface area (Å²) in [6.45, 7) is 2.78. The lowest BCUT2D eigenvalue weighted by molar-refractivity contribution is -0.120. The Bertz CT molecular complexity index is 518. The van der Waals surface area contributed by atoms with Crippen LogP contribution in [0.3, 0.4) is 0 Å². The van der Waals surface area contributed by atoms with Crippen molar-refractivity contribution in [2.75, 3.05) is 13.1 Å². The maximum absolute atomic E-state index is 11.1. The molecule has 2 atom stereocenters. The van der Waals surface area contributed by atoms with Gasteiger partial charge in [-0.15, -0.1) is 0 Å². The van der Waals surface area contributed by atoms with Crippen LogP contribution in [-0.2, 0) is 11.3 Å². The van der Waals surface area contributed by atoms with E-state index in [1.807, 2.05) is 4.90 Å². The molecule has 1 heterocycles. The van der Waals surface area contributed by atoms with E-state index in [0.717, 1.165) is 0 Å². The molecule has 1 aliphatic rings.